The molecule has 11 heteroatoms. The summed E-state index contributed by atoms with van der Waals surface area (Å²) in [5, 5.41) is 12.2. The minimum absolute atomic E-state index is 0.0973. The van der Waals surface area contributed by atoms with E-state index in [4.69, 9.17) is 27.9 Å². The van der Waals surface area contributed by atoms with E-state index in [2.05, 4.69) is 5.43 Å². The number of hydrazine groups is 1. The van der Waals surface area contributed by atoms with E-state index in [1.54, 1.807) is 50.4 Å². The number of methoxy groups -OCH3 is 1. The number of fused-ring (bicyclic) bond motifs is 4. The summed E-state index contributed by atoms with van der Waals surface area (Å²) in [6, 6.07) is 17.1. The van der Waals surface area contributed by atoms with Crippen molar-refractivity contribution in [3.63, 3.8) is 0 Å². The van der Waals surface area contributed by atoms with Gasteiger partial charge in [0.05, 0.1) is 41.0 Å². The molecule has 3 fully saturated rings. The fourth-order valence-electron chi connectivity index (χ4n) is 8.59. The van der Waals surface area contributed by atoms with Crippen LogP contribution in [-0.4, -0.2) is 52.3 Å². The normalized spacial score (nSPS) is 27.9. The monoisotopic (exact) mass is 687 g/mol. The lowest BCUT2D eigenvalue weighted by molar-refractivity contribution is -0.141. The third kappa shape index (κ3) is 4.65. The molecule has 3 aromatic carbocycles. The predicted molar refractivity (Wildman–Crippen MR) is 180 cm³/mol. The number of hydrogen-bond donors (Lipinski definition) is 2. The minimum Gasteiger partial charge on any atom is -0.508 e. The number of carbonyl (C=O) groups excluding carboxylic acids is 4. The van der Waals surface area contributed by atoms with Crippen molar-refractivity contribution in [2.24, 2.45) is 23.7 Å². The summed E-state index contributed by atoms with van der Waals surface area (Å²) >= 11 is 12.7. The molecule has 48 heavy (non-hydrogen) atoms. The lowest BCUT2D eigenvalue weighted by Gasteiger charge is -2.50. The van der Waals surface area contributed by atoms with Gasteiger partial charge in [0.1, 0.15) is 11.5 Å². The largest absolute Gasteiger partial charge is 0.508 e. The van der Waals surface area contributed by atoms with Gasteiger partial charge in [0.2, 0.25) is 11.8 Å². The molecule has 0 bridgehead atoms. The third-order valence-corrected chi connectivity index (χ3v) is 11.2. The van der Waals surface area contributed by atoms with Crippen molar-refractivity contribution in [3.8, 4) is 11.5 Å². The molecule has 1 saturated carbocycles. The lowest BCUT2D eigenvalue weighted by Crippen LogP contribution is -2.53. The zero-order valence-corrected chi connectivity index (χ0v) is 28.2. The van der Waals surface area contributed by atoms with Gasteiger partial charge in [-0.05, 0) is 85.2 Å². The Labute approximate surface area is 288 Å². The molecule has 2 aliphatic heterocycles. The molecule has 2 aliphatic carbocycles. The Balaban J connectivity index is 1.46. The van der Waals surface area contributed by atoms with Crippen LogP contribution in [0.3, 0.4) is 0 Å². The Morgan fingerprint density at radius 1 is 0.958 bits per heavy atom. The average Bonchev–Trinajstić information content (AvgIpc) is 3.44. The number of aryl methyl sites for hydroxylation is 1. The number of benzene rings is 3. The van der Waals surface area contributed by atoms with Gasteiger partial charge in [0.15, 0.2) is 0 Å². The van der Waals surface area contributed by atoms with Gasteiger partial charge in [-0.2, -0.15) is 5.01 Å². The number of hydrogen-bond acceptors (Lipinski definition) is 7. The molecule has 4 aliphatic rings. The Bertz CT molecular complexity index is 1890. The number of allylic oxidation sites excluding steroid dienone is 2. The van der Waals surface area contributed by atoms with Crippen LogP contribution in [0.1, 0.15) is 48.8 Å². The Hall–Kier alpha value is -4.34. The SMILES string of the molecule is CCCN1C(=O)C2CC=C3C(CC4C(=O)N(Nc5ccc(Cl)cc5Cl)C(=O)C4(c4ccc(OC)cc4)C3c3ccc(O)c(C)c3)C2C1=O. The topological polar surface area (TPSA) is 116 Å². The van der Waals surface area contributed by atoms with Gasteiger partial charge in [-0.3, -0.25) is 29.5 Å². The van der Waals surface area contributed by atoms with Gasteiger partial charge in [-0.15, -0.1) is 0 Å². The highest BCUT2D eigenvalue weighted by Crippen LogP contribution is 2.64. The van der Waals surface area contributed by atoms with E-state index in [1.165, 1.54) is 11.0 Å². The molecule has 4 amide bonds. The van der Waals surface area contributed by atoms with Gasteiger partial charge in [0.25, 0.3) is 11.8 Å². The van der Waals surface area contributed by atoms with E-state index in [9.17, 15) is 19.5 Å². The number of imide groups is 2. The number of carbonyl (C=O) groups is 4. The Morgan fingerprint density at radius 3 is 2.38 bits per heavy atom. The van der Waals surface area contributed by atoms with Crippen molar-refractivity contribution >= 4 is 52.5 Å². The lowest BCUT2D eigenvalue weighted by atomic mass is 9.49. The molecular formula is C37H35Cl2N3O6. The quantitative estimate of drug-likeness (QED) is 0.218. The first-order valence-electron chi connectivity index (χ1n) is 16.1. The van der Waals surface area contributed by atoms with Crippen LogP contribution in [0.2, 0.25) is 10.0 Å². The summed E-state index contributed by atoms with van der Waals surface area (Å²) in [6.45, 7) is 4.04. The number of phenolic OH excluding ortho intramolecular Hbond substituents is 1. The molecule has 9 nitrogen and oxygen atoms in total. The predicted octanol–water partition coefficient (Wildman–Crippen LogP) is 6.41. The first-order valence-corrected chi connectivity index (χ1v) is 16.9. The molecular weight excluding hydrogens is 653 g/mol. The van der Waals surface area contributed by atoms with Gasteiger partial charge >= 0.3 is 0 Å². The highest BCUT2D eigenvalue weighted by molar-refractivity contribution is 6.36. The van der Waals surface area contributed by atoms with Crippen LogP contribution < -0.4 is 10.2 Å². The summed E-state index contributed by atoms with van der Waals surface area (Å²) in [7, 11) is 1.56. The van der Waals surface area contributed by atoms with Crippen LogP contribution in [0.5, 0.6) is 11.5 Å². The highest BCUT2D eigenvalue weighted by atomic mass is 35.5. The molecule has 0 spiro atoms. The van der Waals surface area contributed by atoms with Gasteiger partial charge in [-0.1, -0.05) is 66.0 Å². The van der Waals surface area contributed by atoms with E-state index in [0.29, 0.717) is 47.0 Å². The zero-order chi connectivity index (χ0) is 34.1. The standard InChI is InChI=1S/C37H35Cl2N3O6/c1-4-15-41-33(44)25-12-11-24-26(31(25)35(41)46)18-27-34(45)42(40-29-13-8-22(38)17-28(29)39)36(47)37(27,21-6-9-23(48-3)10-7-21)32(24)20-5-14-30(43)19(2)16-20/h5-11,13-14,16-17,25-27,31-32,40,43H,4,12,15,18H2,1-3H3. The maximum absolute atomic E-state index is 15.2. The van der Waals surface area contributed by atoms with Crippen molar-refractivity contribution in [2.45, 2.75) is 44.4 Å². The number of ether oxygens (including phenoxy) is 1. The van der Waals surface area contributed by atoms with Crippen LogP contribution in [0.4, 0.5) is 5.69 Å². The van der Waals surface area contributed by atoms with Gasteiger partial charge < -0.3 is 9.84 Å². The number of rotatable bonds is 7. The number of amides is 4. The molecule has 2 heterocycles. The van der Waals surface area contributed by atoms with Crippen LogP contribution in [0.15, 0.2) is 72.3 Å². The number of likely N-dealkylation sites (tertiary alicyclic amines) is 1. The van der Waals surface area contributed by atoms with Gasteiger partial charge in [0, 0.05) is 17.5 Å². The summed E-state index contributed by atoms with van der Waals surface area (Å²) < 4.78 is 5.45. The summed E-state index contributed by atoms with van der Waals surface area (Å²) in [5.41, 5.74) is 4.65. The van der Waals surface area contributed by atoms with Crippen LogP contribution >= 0.6 is 23.2 Å². The van der Waals surface area contributed by atoms with Crippen LogP contribution in [0, 0.1) is 30.6 Å². The Kier molecular flexibility index (Phi) is 8.03. The van der Waals surface area contributed by atoms with Crippen molar-refractivity contribution < 1.29 is 29.0 Å². The van der Waals surface area contributed by atoms with E-state index in [-0.39, 0.29) is 29.0 Å². The summed E-state index contributed by atoms with van der Waals surface area (Å²) in [4.78, 5) is 58.9. The number of nitrogens with one attached hydrogen (secondary N) is 1. The zero-order valence-electron chi connectivity index (χ0n) is 26.7. The van der Waals surface area contributed by atoms with Crippen molar-refractivity contribution in [1.29, 1.82) is 0 Å². The maximum atomic E-state index is 15.2. The fraction of sp³-hybridized carbons (Fsp3) is 0.351. The molecule has 0 aromatic heterocycles. The molecule has 7 rings (SSSR count). The molecule has 6 unspecified atom stereocenters. The molecule has 2 N–H and O–H groups in total. The van der Waals surface area contributed by atoms with E-state index < -0.39 is 46.8 Å². The van der Waals surface area contributed by atoms with E-state index >= 15 is 4.79 Å². The molecule has 3 aromatic rings. The van der Waals surface area contributed by atoms with Gasteiger partial charge in [-0.25, -0.2) is 0 Å². The second-order valence-electron chi connectivity index (χ2n) is 13.1. The molecule has 6 atom stereocenters. The summed E-state index contributed by atoms with van der Waals surface area (Å²) in [5.74, 6) is -3.92. The first kappa shape index (κ1) is 32.2. The third-order valence-electron chi connectivity index (χ3n) is 10.7. The number of halogens is 2. The number of aromatic hydroxyl groups is 1. The number of anilines is 1. The van der Waals surface area contributed by atoms with E-state index in [1.807, 2.05) is 31.2 Å². The number of phenols is 1. The minimum atomic E-state index is -1.46. The highest BCUT2D eigenvalue weighted by Gasteiger charge is 2.70. The Morgan fingerprint density at radius 2 is 1.71 bits per heavy atom. The first-order chi connectivity index (χ1) is 23.0. The van der Waals surface area contributed by atoms with Crippen molar-refractivity contribution in [3.05, 3.63) is 99.0 Å². The van der Waals surface area contributed by atoms with Crippen molar-refractivity contribution in [2.75, 3.05) is 19.1 Å². The average molecular weight is 689 g/mol. The fourth-order valence-corrected chi connectivity index (χ4v) is 9.04. The van der Waals surface area contributed by atoms with Crippen LogP contribution in [-0.2, 0) is 24.6 Å². The van der Waals surface area contributed by atoms with Crippen molar-refractivity contribution in [1.82, 2.24) is 9.91 Å². The maximum Gasteiger partial charge on any atom is 0.260 e. The number of nitrogens with zero attached hydrogens (tertiary/aromatic N) is 2. The molecule has 0 radical (unpaired) electrons. The van der Waals surface area contributed by atoms with E-state index in [0.717, 1.165) is 16.1 Å². The summed E-state index contributed by atoms with van der Waals surface area (Å²) in [6.07, 6.45) is 3.19. The molecule has 248 valence electrons. The molecule has 2 saturated heterocycles. The second-order valence-corrected chi connectivity index (χ2v) is 13.9. The smallest absolute Gasteiger partial charge is 0.260 e. The second kappa shape index (κ2) is 12.0. The van der Waals surface area contributed by atoms with Crippen LogP contribution in [0.25, 0.3) is 0 Å².